The molecule has 0 aliphatic carbocycles. The third-order valence-corrected chi connectivity index (χ3v) is 5.88. The molecule has 0 saturated heterocycles. The van der Waals surface area contributed by atoms with Crippen molar-refractivity contribution in [2.45, 2.75) is 12.8 Å². The van der Waals surface area contributed by atoms with Crippen LogP contribution in [0.4, 0.5) is 5.13 Å². The van der Waals surface area contributed by atoms with Crippen LogP contribution in [0.3, 0.4) is 0 Å². The third-order valence-electron chi connectivity index (χ3n) is 3.56. The van der Waals surface area contributed by atoms with Gasteiger partial charge in [0.2, 0.25) is 11.0 Å². The summed E-state index contributed by atoms with van der Waals surface area (Å²) in [4.78, 5) is 13.8. The fourth-order valence-electron chi connectivity index (χ4n) is 2.45. The summed E-state index contributed by atoms with van der Waals surface area (Å²) in [5.41, 5.74) is 2.73. The largest absolute Gasteiger partial charge is 0.300 e. The van der Waals surface area contributed by atoms with Gasteiger partial charge in [-0.3, -0.25) is 4.79 Å². The molecule has 1 aromatic carbocycles. The summed E-state index contributed by atoms with van der Waals surface area (Å²) < 4.78 is 1.06. The smallest absolute Gasteiger partial charge is 0.230 e. The Labute approximate surface area is 150 Å². The van der Waals surface area contributed by atoms with Crippen molar-refractivity contribution in [3.05, 3.63) is 62.2 Å². The fraction of sp³-hybridized carbons (Fsp3) is 0.188. The second kappa shape index (κ2) is 7.33. The lowest BCUT2D eigenvalue weighted by Crippen LogP contribution is -2.26. The SMILES string of the molecule is C[C@@H](C(=O)Nc1nncs1)[C@H](c1ccccc1)c1ccc(Br)s1. The summed E-state index contributed by atoms with van der Waals surface area (Å²) in [5, 5.41) is 11.0. The molecule has 2 atom stereocenters. The number of amides is 1. The van der Waals surface area contributed by atoms with Crippen molar-refractivity contribution in [3.8, 4) is 0 Å². The molecule has 7 heteroatoms. The van der Waals surface area contributed by atoms with Gasteiger partial charge in [-0.2, -0.15) is 0 Å². The molecule has 0 fully saturated rings. The van der Waals surface area contributed by atoms with Gasteiger partial charge in [-0.25, -0.2) is 0 Å². The Bertz CT molecular complexity index is 774. The maximum Gasteiger partial charge on any atom is 0.230 e. The lowest BCUT2D eigenvalue weighted by molar-refractivity contribution is -0.119. The zero-order valence-electron chi connectivity index (χ0n) is 12.3. The maximum atomic E-state index is 12.6. The number of carbonyl (C=O) groups is 1. The van der Waals surface area contributed by atoms with E-state index in [-0.39, 0.29) is 17.7 Å². The Hall–Kier alpha value is -1.57. The van der Waals surface area contributed by atoms with E-state index in [2.05, 4.69) is 49.6 Å². The van der Waals surface area contributed by atoms with Crippen LogP contribution in [0.15, 0.2) is 51.8 Å². The topological polar surface area (TPSA) is 54.9 Å². The Balaban J connectivity index is 1.90. The van der Waals surface area contributed by atoms with Crippen LogP contribution >= 0.6 is 38.6 Å². The molecule has 0 unspecified atom stereocenters. The molecule has 0 aliphatic rings. The highest BCUT2D eigenvalue weighted by atomic mass is 79.9. The predicted molar refractivity (Wildman–Crippen MR) is 98.0 cm³/mol. The first kappa shape index (κ1) is 16.3. The van der Waals surface area contributed by atoms with E-state index in [0.29, 0.717) is 5.13 Å². The second-order valence-corrected chi connectivity index (χ2v) is 8.38. The number of benzene rings is 1. The molecule has 1 N–H and O–H groups in total. The van der Waals surface area contributed by atoms with Crippen LogP contribution in [0.25, 0.3) is 0 Å². The number of anilines is 1. The minimum atomic E-state index is -0.230. The molecular formula is C16H14BrN3OS2. The standard InChI is InChI=1S/C16H14BrN3OS2/c1-10(15(21)19-16-20-18-9-22-16)14(11-5-3-2-4-6-11)12-7-8-13(17)23-12/h2-10,14H,1H3,(H,19,20,21)/t10-,14-/m1/s1. The minimum Gasteiger partial charge on any atom is -0.300 e. The fourth-order valence-corrected chi connectivity index (χ4v) is 4.56. The number of nitrogens with zero attached hydrogens (tertiary/aromatic N) is 2. The summed E-state index contributed by atoms with van der Waals surface area (Å²) >= 11 is 6.48. The average molecular weight is 408 g/mol. The lowest BCUT2D eigenvalue weighted by atomic mass is 9.85. The van der Waals surface area contributed by atoms with Gasteiger partial charge in [0.05, 0.1) is 3.79 Å². The van der Waals surface area contributed by atoms with Gasteiger partial charge in [-0.15, -0.1) is 21.5 Å². The van der Waals surface area contributed by atoms with E-state index in [1.54, 1.807) is 16.8 Å². The van der Waals surface area contributed by atoms with Crippen LogP contribution in [0.5, 0.6) is 0 Å². The Morgan fingerprint density at radius 2 is 2.00 bits per heavy atom. The van der Waals surface area contributed by atoms with Crippen LogP contribution in [-0.2, 0) is 4.79 Å². The Kier molecular flexibility index (Phi) is 5.20. The molecule has 23 heavy (non-hydrogen) atoms. The minimum absolute atomic E-state index is 0.000390. The number of rotatable bonds is 5. The van der Waals surface area contributed by atoms with Crippen LogP contribution in [0.1, 0.15) is 23.3 Å². The molecule has 0 radical (unpaired) electrons. The highest BCUT2D eigenvalue weighted by Crippen LogP contribution is 2.38. The van der Waals surface area contributed by atoms with Gasteiger partial charge in [0.1, 0.15) is 5.51 Å². The number of hydrogen-bond donors (Lipinski definition) is 1. The Morgan fingerprint density at radius 3 is 2.61 bits per heavy atom. The lowest BCUT2D eigenvalue weighted by Gasteiger charge is -2.22. The number of halogens is 1. The van der Waals surface area contributed by atoms with Crippen LogP contribution < -0.4 is 5.32 Å². The summed E-state index contributed by atoms with van der Waals surface area (Å²) in [6.45, 7) is 1.95. The monoisotopic (exact) mass is 407 g/mol. The number of thiophene rings is 1. The molecule has 118 valence electrons. The number of hydrogen-bond acceptors (Lipinski definition) is 5. The molecule has 0 aliphatic heterocycles. The Morgan fingerprint density at radius 1 is 1.22 bits per heavy atom. The zero-order valence-corrected chi connectivity index (χ0v) is 15.5. The summed E-state index contributed by atoms with van der Waals surface area (Å²) in [6, 6.07) is 14.2. The van der Waals surface area contributed by atoms with E-state index >= 15 is 0 Å². The van der Waals surface area contributed by atoms with Gasteiger partial charge in [-0.1, -0.05) is 48.6 Å². The summed E-state index contributed by atoms with van der Waals surface area (Å²) in [6.07, 6.45) is 0. The average Bonchev–Trinajstić information content (AvgIpc) is 3.20. The van der Waals surface area contributed by atoms with Crippen molar-refractivity contribution in [2.75, 3.05) is 5.32 Å². The first-order chi connectivity index (χ1) is 11.1. The molecule has 1 amide bonds. The van der Waals surface area contributed by atoms with Crippen LogP contribution in [-0.4, -0.2) is 16.1 Å². The molecule has 0 bridgehead atoms. The summed E-state index contributed by atoms with van der Waals surface area (Å²) in [7, 11) is 0. The highest BCUT2D eigenvalue weighted by molar-refractivity contribution is 9.11. The van der Waals surface area contributed by atoms with Gasteiger partial charge in [0, 0.05) is 16.7 Å². The van der Waals surface area contributed by atoms with E-state index < -0.39 is 0 Å². The van der Waals surface area contributed by atoms with Crippen LogP contribution in [0.2, 0.25) is 0 Å². The second-order valence-electron chi connectivity index (χ2n) is 5.05. The molecule has 3 aromatic rings. The number of aromatic nitrogens is 2. The van der Waals surface area contributed by atoms with Gasteiger partial charge in [-0.05, 0) is 33.6 Å². The number of carbonyl (C=O) groups excluding carboxylic acids is 1. The highest BCUT2D eigenvalue weighted by Gasteiger charge is 2.28. The van der Waals surface area contributed by atoms with E-state index in [1.165, 1.54) is 11.3 Å². The van der Waals surface area contributed by atoms with E-state index in [4.69, 9.17) is 0 Å². The van der Waals surface area contributed by atoms with Crippen molar-refractivity contribution in [3.63, 3.8) is 0 Å². The van der Waals surface area contributed by atoms with Crippen LogP contribution in [0, 0.1) is 5.92 Å². The van der Waals surface area contributed by atoms with Crippen molar-refractivity contribution >= 4 is 49.6 Å². The third kappa shape index (κ3) is 3.85. The van der Waals surface area contributed by atoms with Gasteiger partial charge in [0.15, 0.2) is 0 Å². The maximum absolute atomic E-state index is 12.6. The summed E-state index contributed by atoms with van der Waals surface area (Å²) in [5.74, 6) is -0.285. The molecule has 2 aromatic heterocycles. The molecule has 2 heterocycles. The van der Waals surface area contributed by atoms with Crippen molar-refractivity contribution in [1.29, 1.82) is 0 Å². The molecule has 0 spiro atoms. The first-order valence-corrected chi connectivity index (χ1v) is 9.51. The molecule has 4 nitrogen and oxygen atoms in total. The van der Waals surface area contributed by atoms with Crippen molar-refractivity contribution in [1.82, 2.24) is 10.2 Å². The van der Waals surface area contributed by atoms with Crippen molar-refractivity contribution < 1.29 is 4.79 Å². The molecule has 3 rings (SSSR count). The normalized spacial score (nSPS) is 13.5. The van der Waals surface area contributed by atoms with E-state index in [9.17, 15) is 4.79 Å². The van der Waals surface area contributed by atoms with Gasteiger partial charge < -0.3 is 5.32 Å². The van der Waals surface area contributed by atoms with Gasteiger partial charge in [0.25, 0.3) is 0 Å². The zero-order chi connectivity index (χ0) is 16.2. The first-order valence-electron chi connectivity index (χ1n) is 7.02. The van der Waals surface area contributed by atoms with Gasteiger partial charge >= 0.3 is 0 Å². The quantitative estimate of drug-likeness (QED) is 0.662. The van der Waals surface area contributed by atoms with Crippen molar-refractivity contribution in [2.24, 2.45) is 5.92 Å². The molecule has 0 saturated carbocycles. The van der Waals surface area contributed by atoms with E-state index in [1.807, 2.05) is 31.2 Å². The molecular weight excluding hydrogens is 394 g/mol. The number of nitrogens with one attached hydrogen (secondary N) is 1. The van der Waals surface area contributed by atoms with E-state index in [0.717, 1.165) is 14.2 Å². The predicted octanol–water partition coefficient (Wildman–Crippen LogP) is 4.77.